The van der Waals surface area contributed by atoms with Gasteiger partial charge >= 0.3 is 0 Å². The summed E-state index contributed by atoms with van der Waals surface area (Å²) >= 11 is 0. The predicted molar refractivity (Wildman–Crippen MR) is 81.2 cm³/mol. The molecule has 4 rings (SSSR count). The first-order valence-corrected chi connectivity index (χ1v) is 6.51. The first-order valence-electron chi connectivity index (χ1n) is 6.51. The van der Waals surface area contributed by atoms with E-state index >= 15 is 0 Å². The molecule has 0 saturated carbocycles. The Bertz CT molecular complexity index is 825. The van der Waals surface area contributed by atoms with E-state index < -0.39 is 0 Å². The number of hydrogen-bond donors (Lipinski definition) is 2. The van der Waals surface area contributed by atoms with Gasteiger partial charge < -0.3 is 10.3 Å². The summed E-state index contributed by atoms with van der Waals surface area (Å²) < 4.78 is 0. The molecule has 20 heavy (non-hydrogen) atoms. The van der Waals surface area contributed by atoms with Crippen molar-refractivity contribution in [2.45, 2.75) is 0 Å². The van der Waals surface area contributed by atoms with Crippen LogP contribution in [0.1, 0.15) is 11.3 Å². The maximum absolute atomic E-state index is 12.1. The van der Waals surface area contributed by atoms with E-state index in [4.69, 9.17) is 0 Å². The molecule has 96 valence electrons. The van der Waals surface area contributed by atoms with Gasteiger partial charge in [-0.1, -0.05) is 36.4 Å². The number of hydrogen-bond acceptors (Lipinski definition) is 1. The molecule has 0 saturated heterocycles. The average Bonchev–Trinajstić information content (AvgIpc) is 3.00. The molecule has 0 unspecified atom stereocenters. The van der Waals surface area contributed by atoms with Gasteiger partial charge in [0.1, 0.15) is 0 Å². The van der Waals surface area contributed by atoms with Gasteiger partial charge in [0.2, 0.25) is 0 Å². The maximum Gasteiger partial charge on any atom is 0.256 e. The minimum atomic E-state index is -0.0511. The molecule has 0 fully saturated rings. The summed E-state index contributed by atoms with van der Waals surface area (Å²) in [6.45, 7) is 0. The van der Waals surface area contributed by atoms with E-state index in [1.165, 1.54) is 0 Å². The molecule has 2 N–H and O–H groups in total. The van der Waals surface area contributed by atoms with Crippen molar-refractivity contribution in [2.24, 2.45) is 0 Å². The molecule has 2 heterocycles. The Morgan fingerprint density at radius 3 is 2.65 bits per heavy atom. The summed E-state index contributed by atoms with van der Waals surface area (Å²) in [7, 11) is 0. The number of aromatic amines is 1. The molecule has 3 heteroatoms. The second-order valence-corrected chi connectivity index (χ2v) is 4.87. The van der Waals surface area contributed by atoms with Crippen molar-refractivity contribution in [1.82, 2.24) is 4.98 Å². The van der Waals surface area contributed by atoms with Crippen LogP contribution in [0.3, 0.4) is 0 Å². The van der Waals surface area contributed by atoms with E-state index in [9.17, 15) is 4.79 Å². The number of carbonyl (C=O) groups excluding carboxylic acids is 1. The van der Waals surface area contributed by atoms with Gasteiger partial charge in [-0.05, 0) is 29.7 Å². The molecule has 0 bridgehead atoms. The SMILES string of the molecule is O=C1Nc2ccccc2/C1=C/c1cc2ccccc2[nH]1. The van der Waals surface area contributed by atoms with Gasteiger partial charge in [0, 0.05) is 22.5 Å². The molecule has 1 aliphatic heterocycles. The Labute approximate surface area is 115 Å². The van der Waals surface area contributed by atoms with E-state index in [1.807, 2.05) is 48.5 Å². The number of fused-ring (bicyclic) bond motifs is 2. The summed E-state index contributed by atoms with van der Waals surface area (Å²) in [6.07, 6.45) is 1.90. The third-order valence-electron chi connectivity index (χ3n) is 3.56. The van der Waals surface area contributed by atoms with E-state index in [0.717, 1.165) is 27.8 Å². The van der Waals surface area contributed by atoms with Crippen molar-refractivity contribution in [2.75, 3.05) is 5.32 Å². The molecule has 2 aromatic carbocycles. The van der Waals surface area contributed by atoms with Crippen LogP contribution in [0.25, 0.3) is 22.6 Å². The zero-order chi connectivity index (χ0) is 13.5. The standard InChI is InChI=1S/C17H12N2O/c20-17-14(13-6-2-4-8-16(13)19-17)10-12-9-11-5-1-3-7-15(11)18-12/h1-10,18H,(H,19,20)/b14-10-. The second-order valence-electron chi connectivity index (χ2n) is 4.87. The highest BCUT2D eigenvalue weighted by molar-refractivity contribution is 6.34. The molecule has 0 aliphatic carbocycles. The lowest BCUT2D eigenvalue weighted by molar-refractivity contribution is -0.110. The number of benzene rings is 2. The fourth-order valence-electron chi connectivity index (χ4n) is 2.61. The maximum atomic E-state index is 12.1. The van der Waals surface area contributed by atoms with Crippen molar-refractivity contribution >= 4 is 34.1 Å². The minimum absolute atomic E-state index is 0.0511. The average molecular weight is 260 g/mol. The number of carbonyl (C=O) groups is 1. The molecule has 3 aromatic rings. The lowest BCUT2D eigenvalue weighted by Crippen LogP contribution is -2.03. The summed E-state index contributed by atoms with van der Waals surface area (Å²) in [5, 5.41) is 4.02. The van der Waals surface area contributed by atoms with Gasteiger partial charge in [0.25, 0.3) is 5.91 Å². The monoisotopic (exact) mass is 260 g/mol. The number of H-pyrrole nitrogens is 1. The van der Waals surface area contributed by atoms with E-state index in [1.54, 1.807) is 0 Å². The van der Waals surface area contributed by atoms with Crippen molar-refractivity contribution in [3.05, 3.63) is 65.9 Å². The van der Waals surface area contributed by atoms with E-state index in [0.29, 0.717) is 5.57 Å². The largest absolute Gasteiger partial charge is 0.355 e. The molecule has 0 spiro atoms. The van der Waals surface area contributed by atoms with Crippen LogP contribution in [0.15, 0.2) is 54.6 Å². The molecule has 3 nitrogen and oxygen atoms in total. The first-order chi connectivity index (χ1) is 9.81. The molecule has 0 radical (unpaired) electrons. The molecule has 1 aliphatic rings. The number of anilines is 1. The van der Waals surface area contributed by atoms with Crippen LogP contribution in [0.5, 0.6) is 0 Å². The quantitative estimate of drug-likeness (QED) is 0.644. The summed E-state index contributed by atoms with van der Waals surface area (Å²) in [5.74, 6) is -0.0511. The van der Waals surface area contributed by atoms with Gasteiger partial charge in [-0.15, -0.1) is 0 Å². The van der Waals surface area contributed by atoms with Gasteiger partial charge in [-0.2, -0.15) is 0 Å². The number of aromatic nitrogens is 1. The van der Waals surface area contributed by atoms with Crippen LogP contribution in [0, 0.1) is 0 Å². The Morgan fingerprint density at radius 2 is 1.75 bits per heavy atom. The van der Waals surface area contributed by atoms with Crippen molar-refractivity contribution in [1.29, 1.82) is 0 Å². The Hall–Kier alpha value is -2.81. The lowest BCUT2D eigenvalue weighted by Gasteiger charge is -1.96. The zero-order valence-electron chi connectivity index (χ0n) is 10.7. The third kappa shape index (κ3) is 1.64. The van der Waals surface area contributed by atoms with E-state index in [-0.39, 0.29) is 5.91 Å². The lowest BCUT2D eigenvalue weighted by atomic mass is 10.1. The van der Waals surface area contributed by atoms with Crippen LogP contribution in [-0.2, 0) is 4.79 Å². The molecule has 1 aromatic heterocycles. The molecule has 0 atom stereocenters. The predicted octanol–water partition coefficient (Wildman–Crippen LogP) is 3.66. The zero-order valence-corrected chi connectivity index (χ0v) is 10.7. The third-order valence-corrected chi connectivity index (χ3v) is 3.56. The Balaban J connectivity index is 1.85. The number of rotatable bonds is 1. The highest BCUT2D eigenvalue weighted by Crippen LogP contribution is 2.32. The summed E-state index contributed by atoms with van der Waals surface area (Å²) in [6, 6.07) is 17.9. The summed E-state index contributed by atoms with van der Waals surface area (Å²) in [5.41, 5.74) is 4.54. The van der Waals surface area contributed by atoms with Crippen LogP contribution in [-0.4, -0.2) is 10.9 Å². The fourth-order valence-corrected chi connectivity index (χ4v) is 2.61. The van der Waals surface area contributed by atoms with Gasteiger partial charge in [0.15, 0.2) is 0 Å². The van der Waals surface area contributed by atoms with Gasteiger partial charge in [0.05, 0.1) is 5.57 Å². The Morgan fingerprint density at radius 1 is 0.950 bits per heavy atom. The highest BCUT2D eigenvalue weighted by atomic mass is 16.2. The van der Waals surface area contributed by atoms with Crippen LogP contribution in [0.2, 0.25) is 0 Å². The molecule has 1 amide bonds. The van der Waals surface area contributed by atoms with E-state index in [2.05, 4.69) is 22.4 Å². The highest BCUT2D eigenvalue weighted by Gasteiger charge is 2.23. The first kappa shape index (κ1) is 11.1. The van der Waals surface area contributed by atoms with Crippen LogP contribution in [0.4, 0.5) is 5.69 Å². The fraction of sp³-hybridized carbons (Fsp3) is 0. The number of nitrogens with one attached hydrogen (secondary N) is 2. The van der Waals surface area contributed by atoms with Crippen LogP contribution >= 0.6 is 0 Å². The second kappa shape index (κ2) is 4.10. The summed E-state index contributed by atoms with van der Waals surface area (Å²) in [4.78, 5) is 15.4. The van der Waals surface area contributed by atoms with Crippen LogP contribution < -0.4 is 5.32 Å². The molecular weight excluding hydrogens is 248 g/mol. The normalized spacial score (nSPS) is 15.6. The topological polar surface area (TPSA) is 44.9 Å². The number of para-hydroxylation sites is 2. The van der Waals surface area contributed by atoms with Gasteiger partial charge in [-0.25, -0.2) is 0 Å². The van der Waals surface area contributed by atoms with Gasteiger partial charge in [-0.3, -0.25) is 4.79 Å². The van der Waals surface area contributed by atoms with Crippen molar-refractivity contribution in [3.8, 4) is 0 Å². The Kier molecular flexibility index (Phi) is 2.27. The minimum Gasteiger partial charge on any atom is -0.355 e. The molecular formula is C17H12N2O. The van der Waals surface area contributed by atoms with Crippen molar-refractivity contribution in [3.63, 3.8) is 0 Å². The number of amides is 1. The van der Waals surface area contributed by atoms with Crippen molar-refractivity contribution < 1.29 is 4.79 Å². The smallest absolute Gasteiger partial charge is 0.256 e.